The molecule has 0 saturated carbocycles. The van der Waals surface area contributed by atoms with Gasteiger partial charge >= 0.3 is 5.97 Å². The van der Waals surface area contributed by atoms with Crippen molar-refractivity contribution >= 4 is 11.8 Å². The fraction of sp³-hybridized carbons (Fsp3) is 0.455. The van der Waals surface area contributed by atoms with Gasteiger partial charge in [0, 0.05) is 26.7 Å². The highest BCUT2D eigenvalue weighted by Gasteiger charge is 2.32. The predicted molar refractivity (Wildman–Crippen MR) is 57.7 cm³/mol. The second-order valence-corrected chi connectivity index (χ2v) is 3.88. The summed E-state index contributed by atoms with van der Waals surface area (Å²) < 4.78 is 4.87. The predicted octanol–water partition coefficient (Wildman–Crippen LogP) is 0.778. The van der Waals surface area contributed by atoms with Crippen LogP contribution in [0.4, 0.5) is 0 Å². The number of ketones is 1. The normalized spacial score (nSPS) is 24.6. The Kier molecular flexibility index (Phi) is 3.71. The monoisotopic (exact) mass is 225 g/mol. The van der Waals surface area contributed by atoms with Crippen LogP contribution in [-0.2, 0) is 14.3 Å². The van der Waals surface area contributed by atoms with Crippen LogP contribution in [0.5, 0.6) is 0 Å². The zero-order valence-electron chi connectivity index (χ0n) is 9.56. The number of nitrogens with zero attached hydrogens (tertiary/aromatic N) is 1. The highest BCUT2D eigenvalue weighted by Crippen LogP contribution is 2.18. The van der Waals surface area contributed by atoms with Crippen LogP contribution in [0.1, 0.15) is 13.3 Å². The van der Waals surface area contributed by atoms with Gasteiger partial charge in [0.25, 0.3) is 0 Å². The van der Waals surface area contributed by atoms with Gasteiger partial charge in [0.2, 0.25) is 0 Å². The lowest BCUT2D eigenvalue weighted by Crippen LogP contribution is -2.31. The molecule has 88 valence electrons. The van der Waals surface area contributed by atoms with E-state index in [1.54, 1.807) is 32.1 Å². The Balaban J connectivity index is 2.96. The molecule has 1 unspecified atom stereocenters. The molecular weight excluding hydrogens is 210 g/mol. The minimum absolute atomic E-state index is 0.112. The average Bonchev–Trinajstić information content (AvgIpc) is 2.12. The molecular formula is C11H15NO4. The van der Waals surface area contributed by atoms with E-state index >= 15 is 0 Å². The van der Waals surface area contributed by atoms with E-state index in [4.69, 9.17) is 4.74 Å². The first-order chi connectivity index (χ1) is 7.41. The van der Waals surface area contributed by atoms with Crippen molar-refractivity contribution < 1.29 is 19.4 Å². The van der Waals surface area contributed by atoms with Gasteiger partial charge in [-0.25, -0.2) is 4.79 Å². The first-order valence-electron chi connectivity index (χ1n) is 4.94. The lowest BCUT2D eigenvalue weighted by atomic mass is 10.0. The summed E-state index contributed by atoms with van der Waals surface area (Å²) in [4.78, 5) is 24.6. The van der Waals surface area contributed by atoms with Gasteiger partial charge in [-0.15, -0.1) is 0 Å². The number of hydrogen-bond donors (Lipinski definition) is 1. The molecule has 1 heterocycles. The van der Waals surface area contributed by atoms with Gasteiger partial charge < -0.3 is 14.7 Å². The standard InChI is InChI=1S/C11H15NO4/c1-7-6-9(14)10(11(15)16-7)8(13)4-5-12(2)3/h4-5,7,13H,6H2,1-3H3/b5-4+,10-8+. The van der Waals surface area contributed by atoms with E-state index in [0.717, 1.165) is 0 Å². The number of hydrogen-bond acceptors (Lipinski definition) is 5. The molecule has 0 radical (unpaired) electrons. The van der Waals surface area contributed by atoms with E-state index in [1.165, 1.54) is 6.08 Å². The van der Waals surface area contributed by atoms with Gasteiger partial charge in [0.1, 0.15) is 17.4 Å². The third kappa shape index (κ3) is 2.85. The second kappa shape index (κ2) is 4.83. The molecule has 1 aliphatic rings. The zero-order chi connectivity index (χ0) is 12.3. The summed E-state index contributed by atoms with van der Waals surface area (Å²) in [5.41, 5.74) is -0.267. The molecule has 1 rings (SSSR count). The number of rotatable bonds is 2. The molecule has 0 bridgehead atoms. The molecule has 16 heavy (non-hydrogen) atoms. The SMILES string of the molecule is CC1CC(=O)/C(=C(O)/C=C/N(C)C)C(=O)O1. The molecule has 1 aliphatic heterocycles. The summed E-state index contributed by atoms with van der Waals surface area (Å²) in [5.74, 6) is -1.50. The van der Waals surface area contributed by atoms with Gasteiger partial charge in [0.05, 0.1) is 0 Å². The molecule has 1 atom stereocenters. The highest BCUT2D eigenvalue weighted by molar-refractivity contribution is 6.19. The van der Waals surface area contributed by atoms with E-state index in [-0.39, 0.29) is 23.5 Å². The van der Waals surface area contributed by atoms with Crippen LogP contribution >= 0.6 is 0 Å². The smallest absolute Gasteiger partial charge is 0.345 e. The van der Waals surface area contributed by atoms with Gasteiger partial charge in [-0.3, -0.25) is 4.79 Å². The molecule has 0 aromatic heterocycles. The summed E-state index contributed by atoms with van der Waals surface area (Å²) in [7, 11) is 3.52. The Morgan fingerprint density at radius 1 is 1.50 bits per heavy atom. The third-order valence-electron chi connectivity index (χ3n) is 2.05. The Morgan fingerprint density at radius 2 is 2.12 bits per heavy atom. The molecule has 0 amide bonds. The molecule has 0 aromatic rings. The van der Waals surface area contributed by atoms with Crippen LogP contribution < -0.4 is 0 Å². The largest absolute Gasteiger partial charge is 0.507 e. The van der Waals surface area contributed by atoms with E-state index in [1.807, 2.05) is 0 Å². The molecule has 1 fully saturated rings. The Labute approximate surface area is 94.0 Å². The maximum Gasteiger partial charge on any atom is 0.345 e. The van der Waals surface area contributed by atoms with Crippen molar-refractivity contribution in [3.63, 3.8) is 0 Å². The number of allylic oxidation sites excluding steroid dienone is 1. The summed E-state index contributed by atoms with van der Waals surface area (Å²) in [5, 5.41) is 9.59. The van der Waals surface area contributed by atoms with Crippen LogP contribution in [-0.4, -0.2) is 42.0 Å². The van der Waals surface area contributed by atoms with Crippen LogP contribution in [0, 0.1) is 0 Å². The van der Waals surface area contributed by atoms with Crippen LogP contribution in [0.3, 0.4) is 0 Å². The summed E-state index contributed by atoms with van der Waals surface area (Å²) >= 11 is 0. The van der Waals surface area contributed by atoms with Crippen LogP contribution in [0.25, 0.3) is 0 Å². The van der Waals surface area contributed by atoms with E-state index < -0.39 is 12.1 Å². The van der Waals surface area contributed by atoms with Gasteiger partial charge in [-0.05, 0) is 13.0 Å². The Morgan fingerprint density at radius 3 is 2.62 bits per heavy atom. The van der Waals surface area contributed by atoms with Crippen LogP contribution in [0.2, 0.25) is 0 Å². The lowest BCUT2D eigenvalue weighted by Gasteiger charge is -2.19. The molecule has 5 heteroatoms. The molecule has 1 N–H and O–H groups in total. The van der Waals surface area contributed by atoms with Crippen molar-refractivity contribution in [3.05, 3.63) is 23.6 Å². The maximum absolute atomic E-state index is 11.5. The fourth-order valence-electron chi connectivity index (χ4n) is 1.31. The van der Waals surface area contributed by atoms with E-state index in [0.29, 0.717) is 0 Å². The molecule has 0 aliphatic carbocycles. The Bertz CT molecular complexity index is 348. The molecule has 0 aromatic carbocycles. The average molecular weight is 225 g/mol. The number of ether oxygens (including phenoxy) is 1. The van der Waals surface area contributed by atoms with Gasteiger partial charge in [-0.2, -0.15) is 0 Å². The summed E-state index contributed by atoms with van der Waals surface area (Å²) in [6.45, 7) is 1.64. The highest BCUT2D eigenvalue weighted by atomic mass is 16.5. The van der Waals surface area contributed by atoms with Crippen molar-refractivity contribution in [1.29, 1.82) is 0 Å². The van der Waals surface area contributed by atoms with Gasteiger partial charge in [0.15, 0.2) is 5.78 Å². The number of cyclic esters (lactones) is 1. The van der Waals surface area contributed by atoms with Crippen molar-refractivity contribution in [3.8, 4) is 0 Å². The first-order valence-corrected chi connectivity index (χ1v) is 4.94. The first kappa shape index (κ1) is 12.3. The minimum Gasteiger partial charge on any atom is -0.507 e. The van der Waals surface area contributed by atoms with Crippen molar-refractivity contribution in [2.75, 3.05) is 14.1 Å². The van der Waals surface area contributed by atoms with Crippen molar-refractivity contribution in [2.45, 2.75) is 19.4 Å². The van der Waals surface area contributed by atoms with Crippen LogP contribution in [0.15, 0.2) is 23.6 Å². The summed E-state index contributed by atoms with van der Waals surface area (Å²) in [6, 6.07) is 0. The second-order valence-electron chi connectivity index (χ2n) is 3.88. The quantitative estimate of drug-likeness (QED) is 0.325. The third-order valence-corrected chi connectivity index (χ3v) is 2.05. The zero-order valence-corrected chi connectivity index (χ0v) is 9.56. The fourth-order valence-corrected chi connectivity index (χ4v) is 1.31. The topological polar surface area (TPSA) is 66.8 Å². The maximum atomic E-state index is 11.5. The van der Waals surface area contributed by atoms with E-state index in [2.05, 4.69) is 0 Å². The lowest BCUT2D eigenvalue weighted by molar-refractivity contribution is -0.150. The number of Topliss-reactive ketones (excluding diaryl/α,β-unsaturated/α-hetero) is 1. The van der Waals surface area contributed by atoms with Crippen molar-refractivity contribution in [1.82, 2.24) is 4.90 Å². The number of aliphatic hydroxyl groups excluding tert-OH is 1. The molecule has 5 nitrogen and oxygen atoms in total. The minimum atomic E-state index is -0.760. The van der Waals surface area contributed by atoms with Gasteiger partial charge in [-0.1, -0.05) is 0 Å². The summed E-state index contributed by atoms with van der Waals surface area (Å²) in [6.07, 6.45) is 2.53. The molecule has 0 spiro atoms. The number of carbonyl (C=O) groups excluding carboxylic acids is 2. The number of aliphatic hydroxyl groups is 1. The Hall–Kier alpha value is -1.78. The van der Waals surface area contributed by atoms with E-state index in [9.17, 15) is 14.7 Å². The molecule has 1 saturated heterocycles. The number of carbonyl (C=O) groups is 2. The van der Waals surface area contributed by atoms with Crippen molar-refractivity contribution in [2.24, 2.45) is 0 Å². The number of esters is 1.